The van der Waals surface area contributed by atoms with Crippen LogP contribution in [0.4, 0.5) is 9.18 Å². The van der Waals surface area contributed by atoms with E-state index in [0.29, 0.717) is 0 Å². The monoisotopic (exact) mass is 301 g/mol. The number of ether oxygens (including phenoxy) is 1. The number of benzene rings is 2. The Kier molecular flexibility index (Phi) is 5.25. The Morgan fingerprint density at radius 1 is 1.09 bits per heavy atom. The number of carbonyl (C=O) groups is 2. The molecule has 0 spiro atoms. The topological polar surface area (TPSA) is 55.4 Å². The lowest BCUT2D eigenvalue weighted by atomic mass is 10.0. The summed E-state index contributed by atoms with van der Waals surface area (Å²) in [6, 6.07) is 13.9. The van der Waals surface area contributed by atoms with Gasteiger partial charge in [-0.3, -0.25) is 4.79 Å². The fraction of sp³-hybridized carbons (Fsp3) is 0.176. The summed E-state index contributed by atoms with van der Waals surface area (Å²) < 4.78 is 18.8. The number of halogens is 1. The van der Waals surface area contributed by atoms with Crippen molar-refractivity contribution >= 4 is 11.9 Å². The average molecular weight is 301 g/mol. The SMILES string of the molecule is CC(=O)C(NC(=O)OCc1ccccc1)c1ccccc1F. The molecule has 0 aliphatic heterocycles. The Morgan fingerprint density at radius 2 is 1.73 bits per heavy atom. The van der Waals surface area contributed by atoms with Crippen molar-refractivity contribution in [3.05, 3.63) is 71.5 Å². The third-order valence-electron chi connectivity index (χ3n) is 3.10. The summed E-state index contributed by atoms with van der Waals surface area (Å²) in [6.45, 7) is 1.36. The minimum Gasteiger partial charge on any atom is -0.445 e. The number of hydrogen-bond donors (Lipinski definition) is 1. The summed E-state index contributed by atoms with van der Waals surface area (Å²) in [5, 5.41) is 2.39. The lowest BCUT2D eigenvalue weighted by molar-refractivity contribution is -0.119. The highest BCUT2D eigenvalue weighted by molar-refractivity contribution is 5.86. The molecule has 0 aromatic heterocycles. The highest BCUT2D eigenvalue weighted by atomic mass is 19.1. The molecule has 1 N–H and O–H groups in total. The fourth-order valence-electron chi connectivity index (χ4n) is 1.99. The summed E-state index contributed by atoms with van der Waals surface area (Å²) in [5.41, 5.74) is 0.939. The quantitative estimate of drug-likeness (QED) is 0.921. The molecular formula is C17H16FNO3. The van der Waals surface area contributed by atoms with Crippen LogP contribution in [0.2, 0.25) is 0 Å². The van der Waals surface area contributed by atoms with Crippen LogP contribution in [-0.2, 0) is 16.1 Å². The molecule has 0 bridgehead atoms. The second-order valence-corrected chi connectivity index (χ2v) is 4.77. The predicted octanol–water partition coefficient (Wildman–Crippen LogP) is 3.38. The van der Waals surface area contributed by atoms with E-state index in [1.807, 2.05) is 30.3 Å². The van der Waals surface area contributed by atoms with Gasteiger partial charge in [0.05, 0.1) is 0 Å². The second-order valence-electron chi connectivity index (χ2n) is 4.77. The van der Waals surface area contributed by atoms with Crippen molar-refractivity contribution in [2.75, 3.05) is 0 Å². The van der Waals surface area contributed by atoms with Crippen molar-refractivity contribution < 1.29 is 18.7 Å². The molecule has 114 valence electrons. The average Bonchev–Trinajstić information content (AvgIpc) is 2.52. The van der Waals surface area contributed by atoms with Crippen LogP contribution in [-0.4, -0.2) is 11.9 Å². The number of Topliss-reactive ketones (excluding diaryl/α,β-unsaturated/α-hetero) is 1. The molecule has 0 fully saturated rings. The van der Waals surface area contributed by atoms with Gasteiger partial charge in [0.25, 0.3) is 0 Å². The van der Waals surface area contributed by atoms with Crippen LogP contribution in [0.5, 0.6) is 0 Å². The Bertz CT molecular complexity index is 658. The molecule has 5 heteroatoms. The third kappa shape index (κ3) is 4.15. The van der Waals surface area contributed by atoms with E-state index < -0.39 is 18.0 Å². The summed E-state index contributed by atoms with van der Waals surface area (Å²) in [4.78, 5) is 23.5. The molecule has 1 unspecified atom stereocenters. The molecule has 0 saturated heterocycles. The maximum atomic E-state index is 13.8. The van der Waals surface area contributed by atoms with Gasteiger partial charge in [-0.25, -0.2) is 9.18 Å². The van der Waals surface area contributed by atoms with Gasteiger partial charge in [-0.05, 0) is 18.6 Å². The second kappa shape index (κ2) is 7.36. The zero-order valence-corrected chi connectivity index (χ0v) is 12.1. The molecule has 4 nitrogen and oxygen atoms in total. The summed E-state index contributed by atoms with van der Waals surface area (Å²) in [6.07, 6.45) is -0.771. The largest absolute Gasteiger partial charge is 0.445 e. The Morgan fingerprint density at radius 3 is 2.36 bits per heavy atom. The molecule has 0 aliphatic rings. The van der Waals surface area contributed by atoms with Crippen LogP contribution in [0.25, 0.3) is 0 Å². The highest BCUT2D eigenvalue weighted by Crippen LogP contribution is 2.18. The maximum absolute atomic E-state index is 13.8. The summed E-state index contributed by atoms with van der Waals surface area (Å²) in [5.74, 6) is -0.923. The van der Waals surface area contributed by atoms with E-state index in [0.717, 1.165) is 5.56 Å². The molecule has 1 amide bonds. The smallest absolute Gasteiger partial charge is 0.408 e. The van der Waals surface area contributed by atoms with Crippen LogP contribution >= 0.6 is 0 Å². The number of ketones is 1. The van der Waals surface area contributed by atoms with Gasteiger partial charge in [-0.15, -0.1) is 0 Å². The number of nitrogens with one attached hydrogen (secondary N) is 1. The Balaban J connectivity index is 2.01. The molecule has 0 saturated carbocycles. The fourth-order valence-corrected chi connectivity index (χ4v) is 1.99. The van der Waals surface area contributed by atoms with Gasteiger partial charge in [0.2, 0.25) is 0 Å². The van der Waals surface area contributed by atoms with Crippen LogP contribution in [0.1, 0.15) is 24.1 Å². The zero-order valence-electron chi connectivity index (χ0n) is 12.1. The standard InChI is InChI=1S/C17H16FNO3/c1-12(20)16(14-9-5-6-10-15(14)18)19-17(21)22-11-13-7-3-2-4-8-13/h2-10,16H,11H2,1H3,(H,19,21). The number of amides is 1. The zero-order chi connectivity index (χ0) is 15.9. The van der Waals surface area contributed by atoms with E-state index >= 15 is 0 Å². The third-order valence-corrected chi connectivity index (χ3v) is 3.10. The van der Waals surface area contributed by atoms with Crippen LogP contribution < -0.4 is 5.32 Å². The van der Waals surface area contributed by atoms with Crippen LogP contribution in [0.3, 0.4) is 0 Å². The normalized spacial score (nSPS) is 11.5. The Hall–Kier alpha value is -2.69. The van der Waals surface area contributed by atoms with E-state index in [1.165, 1.54) is 25.1 Å². The van der Waals surface area contributed by atoms with E-state index in [1.54, 1.807) is 6.07 Å². The minimum absolute atomic E-state index is 0.0779. The first-order valence-corrected chi connectivity index (χ1v) is 6.80. The first-order chi connectivity index (χ1) is 10.6. The van der Waals surface area contributed by atoms with Gasteiger partial charge >= 0.3 is 6.09 Å². The molecule has 2 aromatic rings. The van der Waals surface area contributed by atoms with E-state index in [2.05, 4.69) is 5.32 Å². The summed E-state index contributed by atoms with van der Waals surface area (Å²) >= 11 is 0. The number of alkyl carbamates (subject to hydrolysis) is 1. The molecular weight excluding hydrogens is 285 g/mol. The molecule has 2 aromatic carbocycles. The van der Waals surface area contributed by atoms with Crippen molar-refractivity contribution in [1.29, 1.82) is 0 Å². The van der Waals surface area contributed by atoms with Gasteiger partial charge in [-0.2, -0.15) is 0 Å². The minimum atomic E-state index is -1.07. The molecule has 0 radical (unpaired) electrons. The lowest BCUT2D eigenvalue weighted by Gasteiger charge is -2.16. The van der Waals surface area contributed by atoms with Gasteiger partial charge in [0, 0.05) is 5.56 Å². The van der Waals surface area contributed by atoms with Crippen molar-refractivity contribution in [3.63, 3.8) is 0 Å². The van der Waals surface area contributed by atoms with Crippen molar-refractivity contribution in [2.24, 2.45) is 0 Å². The first kappa shape index (κ1) is 15.7. The van der Waals surface area contributed by atoms with Crippen LogP contribution in [0, 0.1) is 5.82 Å². The van der Waals surface area contributed by atoms with Crippen molar-refractivity contribution in [3.8, 4) is 0 Å². The van der Waals surface area contributed by atoms with Gasteiger partial charge in [0.1, 0.15) is 18.5 Å². The van der Waals surface area contributed by atoms with E-state index in [-0.39, 0.29) is 18.0 Å². The molecule has 2 rings (SSSR count). The van der Waals surface area contributed by atoms with E-state index in [4.69, 9.17) is 4.74 Å². The van der Waals surface area contributed by atoms with Crippen LogP contribution in [0.15, 0.2) is 54.6 Å². The lowest BCUT2D eigenvalue weighted by Crippen LogP contribution is -2.33. The van der Waals surface area contributed by atoms with Gasteiger partial charge in [0.15, 0.2) is 5.78 Å². The van der Waals surface area contributed by atoms with Gasteiger partial charge < -0.3 is 10.1 Å². The predicted molar refractivity (Wildman–Crippen MR) is 79.6 cm³/mol. The first-order valence-electron chi connectivity index (χ1n) is 6.80. The summed E-state index contributed by atoms with van der Waals surface area (Å²) in [7, 11) is 0. The van der Waals surface area contributed by atoms with Gasteiger partial charge in [-0.1, -0.05) is 48.5 Å². The molecule has 22 heavy (non-hydrogen) atoms. The van der Waals surface area contributed by atoms with E-state index in [9.17, 15) is 14.0 Å². The molecule has 1 atom stereocenters. The highest BCUT2D eigenvalue weighted by Gasteiger charge is 2.22. The number of rotatable bonds is 5. The molecule has 0 aliphatic carbocycles. The molecule has 0 heterocycles. The number of carbonyl (C=O) groups excluding carboxylic acids is 2. The Labute approximate surface area is 127 Å². The van der Waals surface area contributed by atoms with Crippen molar-refractivity contribution in [1.82, 2.24) is 5.32 Å². The maximum Gasteiger partial charge on any atom is 0.408 e. The van der Waals surface area contributed by atoms with Crippen molar-refractivity contribution in [2.45, 2.75) is 19.6 Å². The number of hydrogen-bond acceptors (Lipinski definition) is 3.